The normalized spacial score (nSPS) is 9.83. The van der Waals surface area contributed by atoms with Gasteiger partial charge in [-0.25, -0.2) is 9.78 Å². The zero-order valence-electron chi connectivity index (χ0n) is 6.34. The number of aryl methyl sites for hydroxylation is 1. The Morgan fingerprint density at radius 1 is 1.75 bits per heavy atom. The van der Waals surface area contributed by atoms with E-state index in [2.05, 4.69) is 4.98 Å². The van der Waals surface area contributed by atoms with Crippen LogP contribution in [0.4, 0.5) is 5.69 Å². The Hall–Kier alpha value is -1.29. The van der Waals surface area contributed by atoms with Crippen molar-refractivity contribution in [2.75, 3.05) is 5.73 Å². The Balaban J connectivity index is 3.38. The van der Waals surface area contributed by atoms with Crippen LogP contribution in [0.1, 0.15) is 16.1 Å². The van der Waals surface area contributed by atoms with Gasteiger partial charge in [-0.1, -0.05) is 11.6 Å². The Bertz CT molecular complexity index is 315. The first-order valence-corrected chi connectivity index (χ1v) is 3.56. The predicted octanol–water partition coefficient (Wildman–Crippen LogP) is 1.32. The van der Waals surface area contributed by atoms with E-state index in [0.717, 1.165) is 0 Å². The van der Waals surface area contributed by atoms with E-state index in [0.29, 0.717) is 5.69 Å². The minimum absolute atomic E-state index is 0.0694. The molecule has 0 bridgehead atoms. The van der Waals surface area contributed by atoms with Crippen molar-refractivity contribution in [3.05, 3.63) is 22.5 Å². The first-order valence-electron chi connectivity index (χ1n) is 3.18. The van der Waals surface area contributed by atoms with E-state index in [1.807, 2.05) is 0 Å². The summed E-state index contributed by atoms with van der Waals surface area (Å²) in [6.45, 7) is 1.69. The second-order valence-electron chi connectivity index (χ2n) is 2.32. The van der Waals surface area contributed by atoms with Gasteiger partial charge in [0, 0.05) is 5.69 Å². The molecular formula is C7H7ClN2O2. The monoisotopic (exact) mass is 186 g/mol. The summed E-state index contributed by atoms with van der Waals surface area (Å²) in [4.78, 5) is 14.3. The summed E-state index contributed by atoms with van der Waals surface area (Å²) in [5.41, 5.74) is 6.02. The number of nitrogens with two attached hydrogens (primary N) is 1. The van der Waals surface area contributed by atoms with Crippen molar-refractivity contribution in [2.45, 2.75) is 6.92 Å². The van der Waals surface area contributed by atoms with Gasteiger partial charge in [0.1, 0.15) is 10.7 Å². The van der Waals surface area contributed by atoms with Gasteiger partial charge < -0.3 is 10.8 Å². The predicted molar refractivity (Wildman–Crippen MR) is 45.4 cm³/mol. The number of pyridine rings is 1. The van der Waals surface area contributed by atoms with Crippen LogP contribution in [0.5, 0.6) is 0 Å². The molecule has 0 aromatic carbocycles. The Morgan fingerprint density at radius 2 is 2.33 bits per heavy atom. The molecule has 0 radical (unpaired) electrons. The molecule has 12 heavy (non-hydrogen) atoms. The van der Waals surface area contributed by atoms with Gasteiger partial charge >= 0.3 is 5.97 Å². The highest BCUT2D eigenvalue weighted by atomic mass is 35.5. The minimum atomic E-state index is -1.16. The van der Waals surface area contributed by atoms with Crippen molar-refractivity contribution < 1.29 is 9.90 Å². The zero-order valence-corrected chi connectivity index (χ0v) is 7.09. The van der Waals surface area contributed by atoms with Crippen molar-refractivity contribution in [3.8, 4) is 0 Å². The van der Waals surface area contributed by atoms with Crippen LogP contribution >= 0.6 is 11.6 Å². The number of rotatable bonds is 1. The summed E-state index contributed by atoms with van der Waals surface area (Å²) in [7, 11) is 0. The number of carboxylic acid groups (broad SMARTS) is 1. The van der Waals surface area contributed by atoms with Gasteiger partial charge in [-0.3, -0.25) is 0 Å². The molecule has 0 unspecified atom stereocenters. The summed E-state index contributed by atoms with van der Waals surface area (Å²) in [5, 5.41) is 8.56. The molecular weight excluding hydrogens is 180 g/mol. The summed E-state index contributed by atoms with van der Waals surface area (Å²) in [6.07, 6.45) is 0. The molecule has 1 rings (SSSR count). The average Bonchev–Trinajstić information content (AvgIpc) is 1.82. The van der Waals surface area contributed by atoms with E-state index >= 15 is 0 Å². The van der Waals surface area contributed by atoms with Gasteiger partial charge in [0.2, 0.25) is 0 Å². The topological polar surface area (TPSA) is 76.2 Å². The van der Waals surface area contributed by atoms with Crippen LogP contribution in [0.25, 0.3) is 0 Å². The summed E-state index contributed by atoms with van der Waals surface area (Å²) < 4.78 is 0. The number of carboxylic acids is 1. The van der Waals surface area contributed by atoms with Crippen molar-refractivity contribution in [1.29, 1.82) is 0 Å². The lowest BCUT2D eigenvalue weighted by Crippen LogP contribution is -2.05. The lowest BCUT2D eigenvalue weighted by Gasteiger charge is -2.02. The van der Waals surface area contributed by atoms with Gasteiger partial charge in [-0.2, -0.15) is 0 Å². The maximum absolute atomic E-state index is 10.5. The maximum Gasteiger partial charge on any atom is 0.340 e. The van der Waals surface area contributed by atoms with Crippen LogP contribution in [0.2, 0.25) is 5.15 Å². The smallest absolute Gasteiger partial charge is 0.340 e. The average molecular weight is 187 g/mol. The molecule has 0 saturated carbocycles. The Morgan fingerprint density at radius 3 is 2.75 bits per heavy atom. The highest BCUT2D eigenvalue weighted by Crippen LogP contribution is 2.20. The van der Waals surface area contributed by atoms with Gasteiger partial charge in [-0.05, 0) is 13.0 Å². The van der Waals surface area contributed by atoms with E-state index in [1.165, 1.54) is 6.07 Å². The van der Waals surface area contributed by atoms with Gasteiger partial charge in [-0.15, -0.1) is 0 Å². The van der Waals surface area contributed by atoms with Gasteiger partial charge in [0.05, 0.1) is 5.69 Å². The second kappa shape index (κ2) is 2.98. The summed E-state index contributed by atoms with van der Waals surface area (Å²) >= 11 is 5.56. The molecule has 4 nitrogen and oxygen atoms in total. The third-order valence-corrected chi connectivity index (χ3v) is 1.62. The highest BCUT2D eigenvalue weighted by molar-refractivity contribution is 6.33. The standard InChI is InChI=1S/C7H7ClN2O2/c1-3-2-4(9)5(7(11)12)6(8)10-3/h2H,1H3,(H2,9,10)(H,11,12). The number of nitrogens with zero attached hydrogens (tertiary/aromatic N) is 1. The molecule has 0 aliphatic rings. The molecule has 1 aromatic rings. The lowest BCUT2D eigenvalue weighted by molar-refractivity contribution is 0.0698. The molecule has 1 aromatic heterocycles. The molecule has 0 aliphatic heterocycles. The number of halogens is 1. The number of anilines is 1. The van der Waals surface area contributed by atoms with Crippen molar-refractivity contribution in [3.63, 3.8) is 0 Å². The fourth-order valence-corrected chi connectivity index (χ4v) is 1.19. The van der Waals surface area contributed by atoms with E-state index in [1.54, 1.807) is 6.92 Å². The van der Waals surface area contributed by atoms with Crippen molar-refractivity contribution in [2.24, 2.45) is 0 Å². The number of hydrogen-bond donors (Lipinski definition) is 2. The minimum Gasteiger partial charge on any atom is -0.478 e. The lowest BCUT2D eigenvalue weighted by atomic mass is 10.2. The van der Waals surface area contributed by atoms with Crippen molar-refractivity contribution in [1.82, 2.24) is 4.98 Å². The van der Waals surface area contributed by atoms with Crippen LogP contribution < -0.4 is 5.73 Å². The molecule has 0 amide bonds. The largest absolute Gasteiger partial charge is 0.478 e. The maximum atomic E-state index is 10.5. The molecule has 0 saturated heterocycles. The number of aromatic nitrogens is 1. The molecule has 0 aliphatic carbocycles. The molecule has 3 N–H and O–H groups in total. The number of carbonyl (C=O) groups is 1. The first kappa shape index (κ1) is 8.80. The van der Waals surface area contributed by atoms with E-state index in [-0.39, 0.29) is 16.4 Å². The Labute approximate surface area is 74.0 Å². The van der Waals surface area contributed by atoms with E-state index in [9.17, 15) is 4.79 Å². The molecule has 0 atom stereocenters. The van der Waals surface area contributed by atoms with Crippen LogP contribution in [0.15, 0.2) is 6.07 Å². The third-order valence-electron chi connectivity index (χ3n) is 1.35. The fraction of sp³-hybridized carbons (Fsp3) is 0.143. The molecule has 0 fully saturated rings. The first-order chi connectivity index (χ1) is 5.52. The third kappa shape index (κ3) is 1.48. The van der Waals surface area contributed by atoms with Gasteiger partial charge in [0.15, 0.2) is 0 Å². The fourth-order valence-electron chi connectivity index (χ4n) is 0.871. The molecule has 1 heterocycles. The number of aromatic carboxylic acids is 1. The zero-order chi connectivity index (χ0) is 9.30. The SMILES string of the molecule is Cc1cc(N)c(C(=O)O)c(Cl)n1. The van der Waals surface area contributed by atoms with Crippen LogP contribution in [-0.4, -0.2) is 16.1 Å². The second-order valence-corrected chi connectivity index (χ2v) is 2.68. The van der Waals surface area contributed by atoms with Crippen LogP contribution in [0, 0.1) is 6.92 Å². The Kier molecular flexibility index (Phi) is 2.19. The van der Waals surface area contributed by atoms with Crippen LogP contribution in [0.3, 0.4) is 0 Å². The molecule has 5 heteroatoms. The van der Waals surface area contributed by atoms with Gasteiger partial charge in [0.25, 0.3) is 0 Å². The number of nitrogen functional groups attached to an aromatic ring is 1. The quantitative estimate of drug-likeness (QED) is 0.649. The van der Waals surface area contributed by atoms with E-state index in [4.69, 9.17) is 22.4 Å². The van der Waals surface area contributed by atoms with Crippen molar-refractivity contribution >= 4 is 23.3 Å². The highest BCUT2D eigenvalue weighted by Gasteiger charge is 2.14. The van der Waals surface area contributed by atoms with E-state index < -0.39 is 5.97 Å². The summed E-state index contributed by atoms with van der Waals surface area (Å²) in [5.74, 6) is -1.16. The summed E-state index contributed by atoms with van der Waals surface area (Å²) in [6, 6.07) is 1.47. The molecule has 64 valence electrons. The number of hydrogen-bond acceptors (Lipinski definition) is 3. The molecule has 0 spiro atoms. The van der Waals surface area contributed by atoms with Crippen LogP contribution in [-0.2, 0) is 0 Å².